The first-order valence-corrected chi connectivity index (χ1v) is 5.19. The van der Waals surface area contributed by atoms with Gasteiger partial charge in [-0.15, -0.1) is 0 Å². The van der Waals surface area contributed by atoms with Crippen molar-refractivity contribution in [3.05, 3.63) is 59.1 Å². The van der Waals surface area contributed by atoms with Crippen LogP contribution in [-0.2, 0) is 6.18 Å². The summed E-state index contributed by atoms with van der Waals surface area (Å²) < 4.78 is 37.6. The molecule has 2 rings (SSSR count). The molecule has 0 aliphatic carbocycles. The summed E-state index contributed by atoms with van der Waals surface area (Å²) >= 11 is 5.78. The summed E-state index contributed by atoms with van der Waals surface area (Å²) in [5.41, 5.74) is 0.314. The normalized spacial score (nSPS) is 11.5. The summed E-state index contributed by atoms with van der Waals surface area (Å²) in [6.07, 6.45) is -4.34. The van der Waals surface area contributed by atoms with E-state index in [2.05, 4.69) is 6.07 Å². The minimum Gasteiger partial charge on any atom is -0.166 e. The van der Waals surface area contributed by atoms with Crippen molar-refractivity contribution in [3.8, 4) is 11.1 Å². The third kappa shape index (κ3) is 2.80. The molecule has 0 amide bonds. The minimum absolute atomic E-state index is 0.447. The van der Waals surface area contributed by atoms with Crippen LogP contribution in [-0.4, -0.2) is 0 Å². The van der Waals surface area contributed by atoms with Gasteiger partial charge < -0.3 is 0 Å². The summed E-state index contributed by atoms with van der Waals surface area (Å²) in [6.45, 7) is 0. The van der Waals surface area contributed by atoms with Gasteiger partial charge >= 0.3 is 6.18 Å². The Morgan fingerprint density at radius 2 is 1.82 bits per heavy atom. The summed E-state index contributed by atoms with van der Waals surface area (Å²) in [6, 6.07) is 12.7. The van der Waals surface area contributed by atoms with Crippen LogP contribution >= 0.6 is 11.6 Å². The van der Waals surface area contributed by atoms with Crippen LogP contribution in [0.15, 0.2) is 42.5 Å². The molecule has 2 aromatic rings. The molecule has 1 radical (unpaired) electrons. The molecule has 0 atom stereocenters. The fourth-order valence-corrected chi connectivity index (χ4v) is 1.64. The maximum atomic E-state index is 12.5. The van der Waals surface area contributed by atoms with Gasteiger partial charge in [-0.2, -0.15) is 13.2 Å². The molecule has 17 heavy (non-hydrogen) atoms. The first-order valence-electron chi connectivity index (χ1n) is 4.82. The van der Waals surface area contributed by atoms with E-state index in [0.717, 1.165) is 12.1 Å². The second-order valence-corrected chi connectivity index (χ2v) is 3.94. The number of hydrogen-bond donors (Lipinski definition) is 0. The van der Waals surface area contributed by atoms with E-state index in [9.17, 15) is 13.2 Å². The highest BCUT2D eigenvalue weighted by molar-refractivity contribution is 6.30. The standard InChI is InChI=1S/C13H7ClF3/c14-12-6-2-4-10(8-12)9-3-1-5-11(7-9)13(15,16)17/h1-3,5-8H. The summed E-state index contributed by atoms with van der Waals surface area (Å²) in [4.78, 5) is 0. The third-order valence-corrected chi connectivity index (χ3v) is 2.50. The van der Waals surface area contributed by atoms with Crippen molar-refractivity contribution < 1.29 is 13.2 Å². The molecule has 0 fully saturated rings. The van der Waals surface area contributed by atoms with Gasteiger partial charge in [0.15, 0.2) is 0 Å². The molecule has 0 saturated heterocycles. The van der Waals surface area contributed by atoms with Gasteiger partial charge in [0.2, 0.25) is 0 Å². The molecule has 0 saturated carbocycles. The van der Waals surface area contributed by atoms with Crippen LogP contribution in [0.3, 0.4) is 0 Å². The van der Waals surface area contributed by atoms with E-state index in [1.807, 2.05) is 0 Å². The smallest absolute Gasteiger partial charge is 0.166 e. The van der Waals surface area contributed by atoms with Gasteiger partial charge in [0, 0.05) is 5.02 Å². The minimum atomic E-state index is -4.34. The molecule has 87 valence electrons. The number of rotatable bonds is 1. The van der Waals surface area contributed by atoms with Crippen molar-refractivity contribution in [2.24, 2.45) is 0 Å². The van der Waals surface area contributed by atoms with Gasteiger partial charge in [0.25, 0.3) is 0 Å². The second kappa shape index (κ2) is 4.41. The molecule has 0 bridgehead atoms. The maximum Gasteiger partial charge on any atom is 0.416 e. The number of hydrogen-bond acceptors (Lipinski definition) is 0. The van der Waals surface area contributed by atoms with Gasteiger partial charge in [-0.25, -0.2) is 0 Å². The lowest BCUT2D eigenvalue weighted by Gasteiger charge is -2.08. The predicted molar refractivity (Wildman–Crippen MR) is 60.7 cm³/mol. The summed E-state index contributed by atoms with van der Waals surface area (Å²) in [5, 5.41) is 0.469. The highest BCUT2D eigenvalue weighted by Gasteiger charge is 2.30. The molecule has 0 unspecified atom stereocenters. The maximum absolute atomic E-state index is 12.5. The van der Waals surface area contributed by atoms with Crippen LogP contribution in [0.4, 0.5) is 13.2 Å². The van der Waals surface area contributed by atoms with Crippen molar-refractivity contribution >= 4 is 11.6 Å². The van der Waals surface area contributed by atoms with Gasteiger partial charge in [-0.1, -0.05) is 29.8 Å². The van der Waals surface area contributed by atoms with Gasteiger partial charge in [-0.3, -0.25) is 0 Å². The summed E-state index contributed by atoms with van der Waals surface area (Å²) in [5.74, 6) is 0. The average molecular weight is 256 g/mol. The zero-order valence-corrected chi connectivity index (χ0v) is 9.31. The van der Waals surface area contributed by atoms with Crippen molar-refractivity contribution in [2.45, 2.75) is 6.18 Å². The monoisotopic (exact) mass is 255 g/mol. The Kier molecular flexibility index (Phi) is 3.11. The lowest BCUT2D eigenvalue weighted by atomic mass is 10.0. The van der Waals surface area contributed by atoms with E-state index in [1.165, 1.54) is 6.07 Å². The van der Waals surface area contributed by atoms with E-state index in [4.69, 9.17) is 11.6 Å². The Bertz CT molecular complexity index is 532. The molecule has 0 N–H and O–H groups in total. The first kappa shape index (κ1) is 12.0. The molecular formula is C13H7ClF3. The van der Waals surface area contributed by atoms with Crippen molar-refractivity contribution in [3.63, 3.8) is 0 Å². The second-order valence-electron chi connectivity index (χ2n) is 3.50. The molecule has 0 nitrogen and oxygen atoms in total. The quantitative estimate of drug-likeness (QED) is 0.685. The first-order chi connectivity index (χ1) is 7.97. The van der Waals surface area contributed by atoms with Crippen LogP contribution in [0.1, 0.15) is 5.56 Å². The van der Waals surface area contributed by atoms with Gasteiger partial charge in [0.05, 0.1) is 5.56 Å². The topological polar surface area (TPSA) is 0 Å². The Morgan fingerprint density at radius 1 is 1.06 bits per heavy atom. The Balaban J connectivity index is 2.47. The van der Waals surface area contributed by atoms with Crippen LogP contribution < -0.4 is 0 Å². The fraction of sp³-hybridized carbons (Fsp3) is 0.0769. The highest BCUT2D eigenvalue weighted by Crippen LogP contribution is 2.32. The summed E-state index contributed by atoms with van der Waals surface area (Å²) in [7, 11) is 0. The van der Waals surface area contributed by atoms with Gasteiger partial charge in [-0.05, 0) is 41.5 Å². The van der Waals surface area contributed by atoms with E-state index < -0.39 is 11.7 Å². The lowest BCUT2D eigenvalue weighted by molar-refractivity contribution is -0.137. The Labute approximate surface area is 102 Å². The Morgan fingerprint density at radius 3 is 2.47 bits per heavy atom. The van der Waals surface area contributed by atoms with E-state index in [1.54, 1.807) is 24.3 Å². The van der Waals surface area contributed by atoms with Gasteiger partial charge in [0.1, 0.15) is 0 Å². The molecule has 0 spiro atoms. The van der Waals surface area contributed by atoms with Crippen LogP contribution in [0, 0.1) is 6.07 Å². The van der Waals surface area contributed by atoms with E-state index in [0.29, 0.717) is 16.1 Å². The molecule has 0 aliphatic rings. The third-order valence-electron chi connectivity index (χ3n) is 2.26. The molecular weight excluding hydrogens is 249 g/mol. The van der Waals surface area contributed by atoms with Crippen LogP contribution in [0.2, 0.25) is 5.02 Å². The number of halogens is 4. The van der Waals surface area contributed by atoms with Crippen LogP contribution in [0.25, 0.3) is 11.1 Å². The van der Waals surface area contributed by atoms with Crippen molar-refractivity contribution in [1.29, 1.82) is 0 Å². The van der Waals surface area contributed by atoms with E-state index >= 15 is 0 Å². The number of alkyl halides is 3. The zero-order valence-electron chi connectivity index (χ0n) is 8.55. The lowest BCUT2D eigenvalue weighted by Crippen LogP contribution is -2.04. The average Bonchev–Trinajstić information content (AvgIpc) is 2.28. The molecule has 0 heterocycles. The van der Waals surface area contributed by atoms with Crippen LogP contribution in [0.5, 0.6) is 0 Å². The van der Waals surface area contributed by atoms with Crippen molar-refractivity contribution in [2.75, 3.05) is 0 Å². The zero-order chi connectivity index (χ0) is 12.5. The predicted octanol–water partition coefficient (Wildman–Crippen LogP) is 4.83. The molecule has 0 aromatic heterocycles. The fourth-order valence-electron chi connectivity index (χ4n) is 1.47. The molecule has 2 aromatic carbocycles. The number of benzene rings is 2. The van der Waals surface area contributed by atoms with E-state index in [-0.39, 0.29) is 0 Å². The molecule has 4 heteroatoms. The Hall–Kier alpha value is -1.48. The van der Waals surface area contributed by atoms with Crippen molar-refractivity contribution in [1.82, 2.24) is 0 Å². The largest absolute Gasteiger partial charge is 0.416 e. The highest BCUT2D eigenvalue weighted by atomic mass is 35.5. The molecule has 0 aliphatic heterocycles. The SMILES string of the molecule is FC(F)(F)c1cccc(-c2[c]ccc(Cl)c2)c1.